The summed E-state index contributed by atoms with van der Waals surface area (Å²) in [5.74, 6) is -1.97. The van der Waals surface area contributed by atoms with Crippen LogP contribution >= 0.6 is 15.9 Å². The molecular formula is C15H8BrNO3. The Balaban J connectivity index is 2.14. The number of benzene rings is 2. The van der Waals surface area contributed by atoms with Crippen LogP contribution in [0, 0.1) is 0 Å². The molecule has 2 amide bonds. The van der Waals surface area contributed by atoms with Gasteiger partial charge in [-0.15, -0.1) is 0 Å². The van der Waals surface area contributed by atoms with Crippen LogP contribution in [0.5, 0.6) is 0 Å². The van der Waals surface area contributed by atoms with E-state index >= 15 is 0 Å². The van der Waals surface area contributed by atoms with E-state index in [2.05, 4.69) is 15.9 Å². The maximum Gasteiger partial charge on any atom is 0.306 e. The minimum absolute atomic E-state index is 0.163. The van der Waals surface area contributed by atoms with Crippen LogP contribution in [-0.2, 0) is 4.79 Å². The maximum absolute atomic E-state index is 12.4. The Morgan fingerprint density at radius 2 is 1.35 bits per heavy atom. The Kier molecular flexibility index (Phi) is 2.99. The number of halogens is 1. The highest BCUT2D eigenvalue weighted by atomic mass is 79.9. The predicted octanol–water partition coefficient (Wildman–Crippen LogP) is 2.82. The number of ketones is 1. The molecule has 2 aromatic carbocycles. The van der Waals surface area contributed by atoms with Gasteiger partial charge in [0.25, 0.3) is 11.7 Å². The number of imide groups is 1. The molecular weight excluding hydrogens is 322 g/mol. The molecule has 5 heteroatoms. The van der Waals surface area contributed by atoms with Crippen molar-refractivity contribution in [3.8, 4) is 0 Å². The molecule has 1 heterocycles. The summed E-state index contributed by atoms with van der Waals surface area (Å²) in [5.41, 5.74) is 0.793. The summed E-state index contributed by atoms with van der Waals surface area (Å²) in [6, 6.07) is 13.0. The Hall–Kier alpha value is -2.27. The molecule has 0 aliphatic carbocycles. The van der Waals surface area contributed by atoms with E-state index < -0.39 is 17.6 Å². The second kappa shape index (κ2) is 4.68. The van der Waals surface area contributed by atoms with Crippen LogP contribution in [0.4, 0.5) is 5.69 Å². The zero-order valence-electron chi connectivity index (χ0n) is 10.2. The summed E-state index contributed by atoms with van der Waals surface area (Å²) in [6.45, 7) is 0. The Morgan fingerprint density at radius 1 is 0.750 bits per heavy atom. The molecule has 4 nitrogen and oxygen atoms in total. The Labute approximate surface area is 123 Å². The van der Waals surface area contributed by atoms with Crippen LogP contribution < -0.4 is 4.90 Å². The number of fused-ring (bicyclic) bond motifs is 1. The zero-order chi connectivity index (χ0) is 14.3. The molecule has 0 saturated carbocycles. The maximum atomic E-state index is 12.4. The lowest BCUT2D eigenvalue weighted by Crippen LogP contribution is -2.46. The van der Waals surface area contributed by atoms with Gasteiger partial charge in [0.1, 0.15) is 0 Å². The van der Waals surface area contributed by atoms with Gasteiger partial charge in [0.2, 0.25) is 0 Å². The Morgan fingerprint density at radius 3 is 2.00 bits per heavy atom. The summed E-state index contributed by atoms with van der Waals surface area (Å²) >= 11 is 3.28. The van der Waals surface area contributed by atoms with E-state index in [4.69, 9.17) is 0 Å². The van der Waals surface area contributed by atoms with Gasteiger partial charge in [-0.2, -0.15) is 0 Å². The fraction of sp³-hybridized carbons (Fsp3) is 0. The van der Waals surface area contributed by atoms with Crippen molar-refractivity contribution in [1.82, 2.24) is 0 Å². The smallest absolute Gasteiger partial charge is 0.283 e. The fourth-order valence-electron chi connectivity index (χ4n) is 2.12. The van der Waals surface area contributed by atoms with Gasteiger partial charge >= 0.3 is 5.91 Å². The summed E-state index contributed by atoms with van der Waals surface area (Å²) in [6.07, 6.45) is 0. The van der Waals surface area contributed by atoms with Gasteiger partial charge in [-0.25, -0.2) is 4.90 Å². The summed E-state index contributed by atoms with van der Waals surface area (Å²) in [4.78, 5) is 37.5. The molecule has 0 atom stereocenters. The largest absolute Gasteiger partial charge is 0.306 e. The van der Waals surface area contributed by atoms with Crippen molar-refractivity contribution in [3.05, 3.63) is 64.1 Å². The molecule has 1 aliphatic heterocycles. The minimum Gasteiger partial charge on any atom is -0.283 e. The number of carbonyl (C=O) groups is 3. The molecule has 20 heavy (non-hydrogen) atoms. The summed E-state index contributed by atoms with van der Waals surface area (Å²) in [7, 11) is 0. The van der Waals surface area contributed by atoms with Crippen molar-refractivity contribution >= 4 is 39.2 Å². The second-order valence-electron chi connectivity index (χ2n) is 4.30. The van der Waals surface area contributed by atoms with Gasteiger partial charge in [-0.1, -0.05) is 34.1 Å². The average Bonchev–Trinajstić information content (AvgIpc) is 2.47. The third-order valence-corrected chi connectivity index (χ3v) is 3.62. The van der Waals surface area contributed by atoms with Crippen LogP contribution in [0.1, 0.15) is 20.7 Å². The first kappa shape index (κ1) is 12.7. The number of Topliss-reactive ketones (excluding diaryl/α,β-unsaturated/α-hetero) is 1. The zero-order valence-corrected chi connectivity index (χ0v) is 11.8. The molecule has 3 rings (SSSR count). The van der Waals surface area contributed by atoms with Crippen LogP contribution in [-0.4, -0.2) is 17.6 Å². The van der Waals surface area contributed by atoms with E-state index in [1.165, 1.54) is 6.07 Å². The highest BCUT2D eigenvalue weighted by Gasteiger charge is 2.38. The van der Waals surface area contributed by atoms with E-state index in [-0.39, 0.29) is 11.1 Å². The third kappa shape index (κ3) is 1.87. The summed E-state index contributed by atoms with van der Waals surface area (Å²) in [5, 5.41) is 0. The molecule has 98 valence electrons. The van der Waals surface area contributed by atoms with Gasteiger partial charge in [0.05, 0.1) is 11.3 Å². The van der Waals surface area contributed by atoms with Crippen LogP contribution in [0.3, 0.4) is 0 Å². The van der Waals surface area contributed by atoms with E-state index in [9.17, 15) is 14.4 Å². The van der Waals surface area contributed by atoms with Gasteiger partial charge in [-0.3, -0.25) is 14.4 Å². The van der Waals surface area contributed by atoms with Crippen molar-refractivity contribution < 1.29 is 14.4 Å². The predicted molar refractivity (Wildman–Crippen MR) is 76.7 cm³/mol. The number of hydrogen-bond donors (Lipinski definition) is 0. The molecule has 0 radical (unpaired) electrons. The molecule has 0 aromatic heterocycles. The molecule has 2 aromatic rings. The van der Waals surface area contributed by atoms with Crippen molar-refractivity contribution in [2.75, 3.05) is 4.90 Å². The van der Waals surface area contributed by atoms with Gasteiger partial charge in [0, 0.05) is 10.0 Å². The number of nitrogens with zero attached hydrogens (tertiary/aromatic N) is 1. The first-order valence-electron chi connectivity index (χ1n) is 5.87. The van der Waals surface area contributed by atoms with E-state index in [0.29, 0.717) is 5.69 Å². The van der Waals surface area contributed by atoms with Crippen molar-refractivity contribution in [3.63, 3.8) is 0 Å². The van der Waals surface area contributed by atoms with E-state index in [0.717, 1.165) is 9.37 Å². The first-order chi connectivity index (χ1) is 9.59. The standard InChI is InChI=1S/C15H8BrNO3/c16-9-5-7-10(8-6-9)17-14(19)12-4-2-1-3-11(12)13(18)15(17)20/h1-8H. The van der Waals surface area contributed by atoms with Crippen LogP contribution in [0.15, 0.2) is 53.0 Å². The quantitative estimate of drug-likeness (QED) is 0.597. The van der Waals surface area contributed by atoms with Gasteiger partial charge < -0.3 is 0 Å². The number of carbonyl (C=O) groups excluding carboxylic acids is 3. The monoisotopic (exact) mass is 329 g/mol. The third-order valence-electron chi connectivity index (χ3n) is 3.09. The van der Waals surface area contributed by atoms with Crippen molar-refractivity contribution in [2.24, 2.45) is 0 Å². The average molecular weight is 330 g/mol. The molecule has 1 aliphatic rings. The highest BCUT2D eigenvalue weighted by Crippen LogP contribution is 2.26. The van der Waals surface area contributed by atoms with Crippen LogP contribution in [0.25, 0.3) is 0 Å². The van der Waals surface area contributed by atoms with Crippen LogP contribution in [0.2, 0.25) is 0 Å². The van der Waals surface area contributed by atoms with Crippen molar-refractivity contribution in [1.29, 1.82) is 0 Å². The number of anilines is 1. The first-order valence-corrected chi connectivity index (χ1v) is 6.66. The molecule has 0 fully saturated rings. The SMILES string of the molecule is O=C1C(=O)N(c2ccc(Br)cc2)C(=O)c2ccccc21. The number of rotatable bonds is 1. The van der Waals surface area contributed by atoms with E-state index in [1.54, 1.807) is 42.5 Å². The number of amides is 2. The molecule has 0 saturated heterocycles. The minimum atomic E-state index is -0.823. The lowest BCUT2D eigenvalue weighted by molar-refractivity contribution is -0.114. The summed E-state index contributed by atoms with van der Waals surface area (Å²) < 4.78 is 0.824. The molecule has 0 N–H and O–H groups in total. The van der Waals surface area contributed by atoms with E-state index in [1.807, 2.05) is 0 Å². The second-order valence-corrected chi connectivity index (χ2v) is 5.21. The van der Waals surface area contributed by atoms with Gasteiger partial charge in [0.15, 0.2) is 0 Å². The lowest BCUT2D eigenvalue weighted by Gasteiger charge is -2.25. The van der Waals surface area contributed by atoms with Crippen molar-refractivity contribution in [2.45, 2.75) is 0 Å². The Bertz CT molecular complexity index is 737. The highest BCUT2D eigenvalue weighted by molar-refractivity contribution is 9.10. The molecule has 0 bridgehead atoms. The fourth-order valence-corrected chi connectivity index (χ4v) is 2.39. The topological polar surface area (TPSA) is 54.5 Å². The molecule has 0 unspecified atom stereocenters. The molecule has 0 spiro atoms. The lowest BCUT2D eigenvalue weighted by atomic mass is 9.97. The normalized spacial score (nSPS) is 14.4. The number of hydrogen-bond acceptors (Lipinski definition) is 3. The van der Waals surface area contributed by atoms with Gasteiger partial charge in [-0.05, 0) is 30.3 Å².